The van der Waals surface area contributed by atoms with E-state index in [1.54, 1.807) is 6.07 Å². The molecule has 0 aliphatic rings. The summed E-state index contributed by atoms with van der Waals surface area (Å²) < 4.78 is 1.83. The predicted octanol–water partition coefficient (Wildman–Crippen LogP) is 2.24. The molecule has 1 aromatic rings. The maximum atomic E-state index is 11.2. The van der Waals surface area contributed by atoms with Gasteiger partial charge in [0.05, 0.1) is 13.2 Å². The van der Waals surface area contributed by atoms with Crippen LogP contribution in [-0.4, -0.2) is 27.4 Å². The fourth-order valence-corrected chi connectivity index (χ4v) is 2.22. The summed E-state index contributed by atoms with van der Waals surface area (Å²) in [5.41, 5.74) is 0.156. The lowest BCUT2D eigenvalue weighted by atomic mass is 10.1. The Kier molecular flexibility index (Phi) is 12.3. The summed E-state index contributed by atoms with van der Waals surface area (Å²) in [6, 6.07) is 1.64. The summed E-state index contributed by atoms with van der Waals surface area (Å²) in [7, 11) is 0. The van der Waals surface area contributed by atoms with Gasteiger partial charge in [0.15, 0.2) is 0 Å². The molecule has 18 heavy (non-hydrogen) atoms. The Hall–Kier alpha value is -0.650. The number of aromatic nitrogens is 1. The summed E-state index contributed by atoms with van der Waals surface area (Å²) in [5, 5.41) is 17.1. The molecule has 0 aliphatic carbocycles. The minimum atomic E-state index is -0.125. The quantitative estimate of drug-likeness (QED) is 0.715. The molecule has 0 aliphatic heterocycles. The average Bonchev–Trinajstić information content (AvgIpc) is 2.80. The van der Waals surface area contributed by atoms with Crippen molar-refractivity contribution in [2.24, 2.45) is 0 Å². The highest BCUT2D eigenvalue weighted by Gasteiger charge is 1.95. The molecular weight excluding hydrogens is 250 g/mol. The molecule has 0 amide bonds. The van der Waals surface area contributed by atoms with E-state index >= 15 is 0 Å². The maximum absolute atomic E-state index is 11.2. The van der Waals surface area contributed by atoms with E-state index in [-0.39, 0.29) is 18.8 Å². The molecule has 0 atom stereocenters. The second kappa shape index (κ2) is 12.8. The van der Waals surface area contributed by atoms with Gasteiger partial charge in [0.1, 0.15) is 0 Å². The highest BCUT2D eigenvalue weighted by atomic mass is 32.1. The Bertz CT molecular complexity index is 320. The van der Waals surface area contributed by atoms with Gasteiger partial charge in [-0.3, -0.25) is 8.75 Å². The molecule has 0 unspecified atom stereocenters. The van der Waals surface area contributed by atoms with Crippen molar-refractivity contribution in [3.05, 3.63) is 21.8 Å². The van der Waals surface area contributed by atoms with E-state index in [1.165, 1.54) is 43.6 Å². The molecule has 4 nitrogen and oxygen atoms in total. The minimum Gasteiger partial charge on any atom is -0.394 e. The summed E-state index contributed by atoms with van der Waals surface area (Å²) in [6.45, 7) is 2.88. The molecule has 0 aromatic carbocycles. The van der Waals surface area contributed by atoms with Crippen molar-refractivity contribution < 1.29 is 10.2 Å². The number of aliphatic hydroxyl groups is 2. The van der Waals surface area contributed by atoms with Crippen LogP contribution >= 0.6 is 11.5 Å². The van der Waals surface area contributed by atoms with E-state index in [0.29, 0.717) is 0 Å². The molecular formula is C13H25NO3S. The summed E-state index contributed by atoms with van der Waals surface area (Å²) in [5.74, 6) is 0. The first-order chi connectivity index (χ1) is 8.76. The Labute approximate surface area is 113 Å². The first-order valence-electron chi connectivity index (χ1n) is 6.62. The lowest BCUT2D eigenvalue weighted by molar-refractivity contribution is 0.186. The zero-order chi connectivity index (χ0) is 13.6. The minimum absolute atomic E-state index is 0.125. The van der Waals surface area contributed by atoms with Crippen LogP contribution in [-0.2, 0) is 6.54 Å². The van der Waals surface area contributed by atoms with Gasteiger partial charge in [0.25, 0.3) is 5.56 Å². The lowest BCUT2D eigenvalue weighted by Crippen LogP contribution is -2.11. The van der Waals surface area contributed by atoms with E-state index in [1.807, 2.05) is 9.34 Å². The largest absolute Gasteiger partial charge is 0.394 e. The van der Waals surface area contributed by atoms with Crippen LogP contribution in [0, 0.1) is 0 Å². The molecule has 1 rings (SSSR count). The van der Waals surface area contributed by atoms with E-state index in [9.17, 15) is 4.79 Å². The number of aryl methyl sites for hydroxylation is 1. The maximum Gasteiger partial charge on any atom is 0.260 e. The van der Waals surface area contributed by atoms with Crippen LogP contribution < -0.4 is 5.56 Å². The number of hydrogen-bond donors (Lipinski definition) is 2. The molecule has 0 bridgehead atoms. The number of rotatable bonds is 8. The van der Waals surface area contributed by atoms with Gasteiger partial charge in [0, 0.05) is 18.0 Å². The molecule has 0 spiro atoms. The van der Waals surface area contributed by atoms with Crippen LogP contribution in [0.4, 0.5) is 0 Å². The highest BCUT2D eigenvalue weighted by molar-refractivity contribution is 7.04. The molecule has 1 aromatic heterocycles. The monoisotopic (exact) mass is 275 g/mol. The lowest BCUT2D eigenvalue weighted by Gasteiger charge is -2.00. The zero-order valence-corrected chi connectivity index (χ0v) is 12.0. The Balaban J connectivity index is 0.000000631. The fraction of sp³-hybridized carbons (Fsp3) is 0.769. The van der Waals surface area contributed by atoms with E-state index in [0.717, 1.165) is 13.0 Å². The fourth-order valence-electron chi connectivity index (χ4n) is 1.50. The van der Waals surface area contributed by atoms with Crippen LogP contribution in [0.3, 0.4) is 0 Å². The van der Waals surface area contributed by atoms with E-state index < -0.39 is 0 Å². The molecule has 5 heteroatoms. The van der Waals surface area contributed by atoms with Crippen molar-refractivity contribution in [2.45, 2.75) is 52.0 Å². The van der Waals surface area contributed by atoms with Gasteiger partial charge in [-0.25, -0.2) is 0 Å². The van der Waals surface area contributed by atoms with Gasteiger partial charge < -0.3 is 10.2 Å². The molecule has 0 saturated heterocycles. The van der Waals surface area contributed by atoms with E-state index in [2.05, 4.69) is 6.92 Å². The number of aliphatic hydroxyl groups excluding tert-OH is 2. The van der Waals surface area contributed by atoms with Crippen LogP contribution in [0.25, 0.3) is 0 Å². The second-order valence-electron chi connectivity index (χ2n) is 4.06. The van der Waals surface area contributed by atoms with Gasteiger partial charge in [-0.15, -0.1) is 0 Å². The highest BCUT2D eigenvalue weighted by Crippen LogP contribution is 2.06. The van der Waals surface area contributed by atoms with Crippen molar-refractivity contribution in [1.29, 1.82) is 0 Å². The van der Waals surface area contributed by atoms with Gasteiger partial charge in [0.2, 0.25) is 0 Å². The van der Waals surface area contributed by atoms with Crippen molar-refractivity contribution in [3.63, 3.8) is 0 Å². The third-order valence-electron chi connectivity index (χ3n) is 2.46. The Morgan fingerprint density at radius 3 is 2.22 bits per heavy atom. The summed E-state index contributed by atoms with van der Waals surface area (Å²) in [6.07, 6.45) is 7.70. The Morgan fingerprint density at radius 1 is 1.11 bits per heavy atom. The van der Waals surface area contributed by atoms with E-state index in [4.69, 9.17) is 10.2 Å². The van der Waals surface area contributed by atoms with Gasteiger partial charge in [-0.2, -0.15) is 0 Å². The first kappa shape index (κ1) is 17.4. The molecule has 1 heterocycles. The number of unbranched alkanes of at least 4 members (excludes halogenated alkanes) is 5. The van der Waals surface area contributed by atoms with Crippen molar-refractivity contribution >= 4 is 11.5 Å². The standard InChI is InChI=1S/C11H19NOS.C2H6O2/c1-2-3-4-5-6-7-9-12-11(13)8-10-14-12;3-1-2-4/h8,10H,2-7,9H2,1H3;3-4H,1-2H2. The zero-order valence-electron chi connectivity index (χ0n) is 11.2. The van der Waals surface area contributed by atoms with Crippen LogP contribution in [0.15, 0.2) is 16.2 Å². The average molecular weight is 275 g/mol. The third kappa shape index (κ3) is 9.39. The molecule has 0 radical (unpaired) electrons. The normalized spacial score (nSPS) is 9.94. The Morgan fingerprint density at radius 2 is 1.72 bits per heavy atom. The number of hydrogen-bond acceptors (Lipinski definition) is 4. The summed E-state index contributed by atoms with van der Waals surface area (Å²) >= 11 is 1.52. The molecule has 106 valence electrons. The van der Waals surface area contributed by atoms with Crippen molar-refractivity contribution in [1.82, 2.24) is 3.96 Å². The van der Waals surface area contributed by atoms with Crippen molar-refractivity contribution in [3.8, 4) is 0 Å². The number of nitrogens with zero attached hydrogens (tertiary/aromatic N) is 1. The second-order valence-corrected chi connectivity index (χ2v) is 4.99. The molecule has 0 saturated carbocycles. The predicted molar refractivity (Wildman–Crippen MR) is 76.1 cm³/mol. The summed E-state index contributed by atoms with van der Waals surface area (Å²) in [4.78, 5) is 11.2. The molecule has 2 N–H and O–H groups in total. The molecule has 0 fully saturated rings. The van der Waals surface area contributed by atoms with Crippen molar-refractivity contribution in [2.75, 3.05) is 13.2 Å². The van der Waals surface area contributed by atoms with Gasteiger partial charge in [-0.1, -0.05) is 50.6 Å². The topological polar surface area (TPSA) is 62.5 Å². The smallest absolute Gasteiger partial charge is 0.260 e. The van der Waals surface area contributed by atoms with Gasteiger partial charge in [-0.05, 0) is 6.42 Å². The van der Waals surface area contributed by atoms with Crippen LogP contribution in [0.1, 0.15) is 45.4 Å². The first-order valence-corrected chi connectivity index (χ1v) is 7.46. The SMILES string of the molecule is CCCCCCCCn1sccc1=O.OCCO. The van der Waals surface area contributed by atoms with Crippen LogP contribution in [0.2, 0.25) is 0 Å². The third-order valence-corrected chi connectivity index (χ3v) is 3.33. The van der Waals surface area contributed by atoms with Crippen LogP contribution in [0.5, 0.6) is 0 Å². The van der Waals surface area contributed by atoms with Gasteiger partial charge >= 0.3 is 0 Å².